The summed E-state index contributed by atoms with van der Waals surface area (Å²) in [6, 6.07) is 19.8. The maximum Gasteiger partial charge on any atom is 0.407 e. The van der Waals surface area contributed by atoms with Crippen molar-refractivity contribution in [3.63, 3.8) is 0 Å². The van der Waals surface area contributed by atoms with Gasteiger partial charge in [-0.3, -0.25) is 9.59 Å². The Morgan fingerprint density at radius 3 is 1.88 bits per heavy atom. The van der Waals surface area contributed by atoms with E-state index in [1.165, 1.54) is 14.2 Å². The van der Waals surface area contributed by atoms with E-state index in [4.69, 9.17) is 24.2 Å². The van der Waals surface area contributed by atoms with Crippen molar-refractivity contribution in [3.8, 4) is 33.6 Å². The molecule has 4 amide bonds. The topological polar surface area (TPSA) is 184 Å². The smallest absolute Gasteiger partial charge is 0.407 e. The number of alkyl carbamates (subject to hydrolysis) is 2. The zero-order valence-electron chi connectivity index (χ0n) is 38.6. The van der Waals surface area contributed by atoms with Crippen LogP contribution in [0.25, 0.3) is 44.4 Å². The SMILES string of the molecule is COC(=O)NC(C(=O)N1[C@@H]2C[C@@H]2C[C@H]1c1ncc(-c2ccc3cc(-c4ccc(-c5cnc(C6CC7C([C@@H]7C)N6C(=O)[C@@H](NC(=O)OC)C6C[C@@H](C)O[C@@H](C)C6)[nH]5)cc4)ccc3c2)[nH]1)C(C)C. The van der Waals surface area contributed by atoms with Gasteiger partial charge in [0.15, 0.2) is 0 Å². The number of nitrogens with zero attached hydrogens (tertiary/aromatic N) is 4. The van der Waals surface area contributed by atoms with Gasteiger partial charge in [-0.25, -0.2) is 19.6 Å². The van der Waals surface area contributed by atoms with Crippen molar-refractivity contribution in [1.29, 1.82) is 0 Å². The highest BCUT2D eigenvalue weighted by Crippen LogP contribution is 2.58. The second-order valence-corrected chi connectivity index (χ2v) is 19.7. The summed E-state index contributed by atoms with van der Waals surface area (Å²) in [4.78, 5) is 73.8. The highest BCUT2D eigenvalue weighted by Gasteiger charge is 2.62. The van der Waals surface area contributed by atoms with Crippen LogP contribution in [0.3, 0.4) is 0 Å². The van der Waals surface area contributed by atoms with E-state index >= 15 is 0 Å². The van der Waals surface area contributed by atoms with Crippen LogP contribution in [0.15, 0.2) is 73.1 Å². The number of aromatic nitrogens is 4. The molecule has 5 heterocycles. The molecular weight excluding hydrogens is 837 g/mol. The Kier molecular flexibility index (Phi) is 11.4. The lowest BCUT2D eigenvalue weighted by Crippen LogP contribution is -2.55. The summed E-state index contributed by atoms with van der Waals surface area (Å²) in [5.41, 5.74) is 5.93. The lowest BCUT2D eigenvalue weighted by Gasteiger charge is -2.39. The number of fused-ring (bicyclic) bond motifs is 3. The molecule has 2 saturated carbocycles. The number of aromatic amines is 2. The first-order valence-corrected chi connectivity index (χ1v) is 23.5. The number of hydrogen-bond donors (Lipinski definition) is 4. The molecule has 0 bridgehead atoms. The van der Waals surface area contributed by atoms with Gasteiger partial charge >= 0.3 is 12.2 Å². The number of imidazole rings is 2. The van der Waals surface area contributed by atoms with Crippen LogP contribution in [0.5, 0.6) is 0 Å². The molecule has 2 aromatic heterocycles. The molecule has 5 aliphatic rings. The summed E-state index contributed by atoms with van der Waals surface area (Å²) >= 11 is 0. The highest BCUT2D eigenvalue weighted by atomic mass is 16.5. The number of rotatable bonds is 11. The van der Waals surface area contributed by atoms with Crippen LogP contribution < -0.4 is 10.6 Å². The maximum absolute atomic E-state index is 14.6. The molecule has 0 radical (unpaired) electrons. The summed E-state index contributed by atoms with van der Waals surface area (Å²) < 4.78 is 15.8. The molecule has 3 aromatic carbocycles. The van der Waals surface area contributed by atoms with Crippen LogP contribution in [-0.4, -0.2) is 104 Å². The number of likely N-dealkylation sites (tertiary alicyclic amines) is 2. The summed E-state index contributed by atoms with van der Waals surface area (Å²) in [7, 11) is 2.63. The molecule has 346 valence electrons. The average Bonchev–Trinajstić information content (AvgIpc) is 3.78. The monoisotopic (exact) mass is 896 g/mol. The first-order valence-electron chi connectivity index (χ1n) is 23.5. The second kappa shape index (κ2) is 17.2. The van der Waals surface area contributed by atoms with E-state index in [2.05, 4.69) is 88.2 Å². The number of ether oxygens (including phenoxy) is 3. The first-order chi connectivity index (χ1) is 31.8. The Morgan fingerprint density at radius 1 is 0.682 bits per heavy atom. The number of nitrogens with one attached hydrogen (secondary N) is 4. The predicted molar refractivity (Wildman–Crippen MR) is 248 cm³/mol. The van der Waals surface area contributed by atoms with Gasteiger partial charge in [0, 0.05) is 17.6 Å². The minimum Gasteiger partial charge on any atom is -0.453 e. The number of H-pyrrole nitrogens is 2. The minimum absolute atomic E-state index is 0.0156. The van der Waals surface area contributed by atoms with E-state index in [1.807, 2.05) is 49.9 Å². The van der Waals surface area contributed by atoms with E-state index in [9.17, 15) is 19.2 Å². The fraction of sp³-hybridized carbons (Fsp3) is 0.490. The molecule has 5 aromatic rings. The summed E-state index contributed by atoms with van der Waals surface area (Å²) in [6.07, 6.45) is 6.43. The Hall–Kier alpha value is -6.22. The van der Waals surface area contributed by atoms with Crippen molar-refractivity contribution in [1.82, 2.24) is 40.4 Å². The van der Waals surface area contributed by atoms with Gasteiger partial charge in [0.05, 0.1) is 62.3 Å². The Bertz CT molecular complexity index is 2650. The van der Waals surface area contributed by atoms with Crippen LogP contribution in [0.1, 0.15) is 90.5 Å². The predicted octanol–water partition coefficient (Wildman–Crippen LogP) is 8.17. The van der Waals surface area contributed by atoms with E-state index in [1.54, 1.807) is 0 Å². The molecule has 5 fully saturated rings. The number of carbonyl (C=O) groups excluding carboxylic acids is 4. The van der Waals surface area contributed by atoms with Gasteiger partial charge in [0.1, 0.15) is 23.7 Å². The minimum atomic E-state index is -0.717. The van der Waals surface area contributed by atoms with Crippen molar-refractivity contribution in [3.05, 3.63) is 84.7 Å². The molecule has 15 nitrogen and oxygen atoms in total. The molecule has 12 atom stereocenters. The van der Waals surface area contributed by atoms with Gasteiger partial charge in [-0.1, -0.05) is 69.3 Å². The van der Waals surface area contributed by atoms with Gasteiger partial charge in [-0.15, -0.1) is 0 Å². The molecule has 10 rings (SSSR count). The third kappa shape index (κ3) is 8.09. The van der Waals surface area contributed by atoms with E-state index in [0.29, 0.717) is 30.6 Å². The molecule has 0 spiro atoms. The molecule has 4 N–H and O–H groups in total. The number of hydrogen-bond acceptors (Lipinski definition) is 9. The zero-order chi connectivity index (χ0) is 46.1. The third-order valence-electron chi connectivity index (χ3n) is 15.1. The maximum atomic E-state index is 14.6. The van der Waals surface area contributed by atoms with Crippen molar-refractivity contribution >= 4 is 34.8 Å². The molecule has 66 heavy (non-hydrogen) atoms. The standard InChI is InChI=1S/C51H60N8O7/c1-25(2)43(56-50(62)64-6)48(60)58-40-20-35(40)21-41(58)46-53-24-39(55-46)34-15-14-32-18-31(12-13-33(32)19-34)29-8-10-30(11-9-29)38-23-52-47(54-38)42-22-37-28(5)45(37)59(42)49(61)44(57-51(63)65-7)36-16-26(3)66-27(4)17-36/h8-15,18-19,23-28,35-37,40-45H,16-17,20-22H2,1-7H3,(H,52,54)(H,53,55)(H,56,62)(H,57,63)/t26-,27+,28-,35-,36?,37?,40-,41+,42?,43?,44+,45?/m1/s1. The quantitative estimate of drug-likeness (QED) is 0.102. The number of amides is 4. The summed E-state index contributed by atoms with van der Waals surface area (Å²) in [5.74, 6) is 2.38. The number of piperidine rings is 2. The fourth-order valence-corrected chi connectivity index (χ4v) is 11.5. The molecule has 15 heteroatoms. The number of benzene rings is 3. The molecular formula is C51H60N8O7. The second-order valence-electron chi connectivity index (χ2n) is 19.7. The van der Waals surface area contributed by atoms with Crippen molar-refractivity contribution in [2.45, 2.75) is 115 Å². The molecule has 5 unspecified atom stereocenters. The Morgan fingerprint density at radius 2 is 1.24 bits per heavy atom. The zero-order valence-corrected chi connectivity index (χ0v) is 38.6. The normalized spacial score (nSPS) is 28.4. The molecule has 3 saturated heterocycles. The number of methoxy groups -OCH3 is 2. The largest absolute Gasteiger partial charge is 0.453 e. The van der Waals surface area contributed by atoms with Crippen molar-refractivity contribution < 1.29 is 33.4 Å². The lowest BCUT2D eigenvalue weighted by molar-refractivity contribution is -0.140. The van der Waals surface area contributed by atoms with Crippen LogP contribution in [-0.2, 0) is 23.8 Å². The fourth-order valence-electron chi connectivity index (χ4n) is 11.5. The van der Waals surface area contributed by atoms with Crippen LogP contribution in [0.2, 0.25) is 0 Å². The van der Waals surface area contributed by atoms with Gasteiger partial charge in [0.2, 0.25) is 11.8 Å². The van der Waals surface area contributed by atoms with Gasteiger partial charge < -0.3 is 44.6 Å². The van der Waals surface area contributed by atoms with Crippen molar-refractivity contribution in [2.75, 3.05) is 14.2 Å². The highest BCUT2D eigenvalue weighted by molar-refractivity contribution is 5.91. The van der Waals surface area contributed by atoms with Gasteiger partial charge in [-0.2, -0.15) is 0 Å². The molecule has 3 aliphatic heterocycles. The summed E-state index contributed by atoms with van der Waals surface area (Å²) in [6.45, 7) is 10.1. The van der Waals surface area contributed by atoms with Crippen LogP contribution >= 0.6 is 0 Å². The average molecular weight is 897 g/mol. The van der Waals surface area contributed by atoms with E-state index in [0.717, 1.165) is 75.3 Å². The Labute approximate surface area is 384 Å². The van der Waals surface area contributed by atoms with E-state index < -0.39 is 24.3 Å². The van der Waals surface area contributed by atoms with Crippen LogP contribution in [0, 0.1) is 29.6 Å². The van der Waals surface area contributed by atoms with Crippen molar-refractivity contribution in [2.24, 2.45) is 29.6 Å². The van der Waals surface area contributed by atoms with Crippen LogP contribution in [0.4, 0.5) is 9.59 Å². The third-order valence-corrected chi connectivity index (χ3v) is 15.1. The lowest BCUT2D eigenvalue weighted by atomic mass is 9.85. The van der Waals surface area contributed by atoms with Gasteiger partial charge in [0.25, 0.3) is 0 Å². The van der Waals surface area contributed by atoms with E-state index in [-0.39, 0.29) is 60.0 Å². The Balaban J connectivity index is 0.826. The summed E-state index contributed by atoms with van der Waals surface area (Å²) in [5, 5.41) is 7.86. The first kappa shape index (κ1) is 43.7. The number of carbonyl (C=O) groups is 4. The molecule has 2 aliphatic carbocycles. The van der Waals surface area contributed by atoms with Gasteiger partial charge in [-0.05, 0) is 115 Å².